The van der Waals surface area contributed by atoms with E-state index in [4.69, 9.17) is 0 Å². The minimum Gasteiger partial charge on any atom is -0.308 e. The van der Waals surface area contributed by atoms with Crippen LogP contribution in [0.1, 0.15) is 10.6 Å². The number of hydrogen-bond acceptors (Lipinski definition) is 3. The number of nitrogens with one attached hydrogen (secondary N) is 2. The van der Waals surface area contributed by atoms with Crippen molar-refractivity contribution in [3.8, 4) is 11.3 Å². The lowest BCUT2D eigenvalue weighted by atomic mass is 10.1. The van der Waals surface area contributed by atoms with Crippen LogP contribution < -0.4 is 10.6 Å². The van der Waals surface area contributed by atoms with Crippen LogP contribution in [0, 0.1) is 13.8 Å². The Kier molecular flexibility index (Phi) is 4.39. The minimum atomic E-state index is -0.258. The van der Waals surface area contributed by atoms with Crippen molar-refractivity contribution in [3.63, 3.8) is 0 Å². The Bertz CT molecular complexity index is 842. The van der Waals surface area contributed by atoms with Gasteiger partial charge in [-0.3, -0.25) is 0 Å². The topological polar surface area (TPSA) is 54.0 Å². The second kappa shape index (κ2) is 6.62. The van der Waals surface area contributed by atoms with Gasteiger partial charge in [0.2, 0.25) is 0 Å². The van der Waals surface area contributed by atoms with Crippen molar-refractivity contribution < 1.29 is 4.79 Å². The van der Waals surface area contributed by atoms with Crippen molar-refractivity contribution >= 4 is 28.7 Å². The Hall–Kier alpha value is -2.66. The third-order valence-corrected chi connectivity index (χ3v) is 4.20. The molecule has 2 N–H and O–H groups in total. The van der Waals surface area contributed by atoms with E-state index in [1.165, 1.54) is 0 Å². The summed E-state index contributed by atoms with van der Waals surface area (Å²) in [4.78, 5) is 16.6. The number of hydrogen-bond donors (Lipinski definition) is 2. The van der Waals surface area contributed by atoms with Crippen LogP contribution in [0.2, 0.25) is 0 Å². The van der Waals surface area contributed by atoms with Crippen LogP contribution in [0.4, 0.5) is 16.2 Å². The average molecular weight is 323 g/mol. The highest BCUT2D eigenvalue weighted by Crippen LogP contribution is 2.24. The van der Waals surface area contributed by atoms with E-state index < -0.39 is 0 Å². The van der Waals surface area contributed by atoms with E-state index >= 15 is 0 Å². The fourth-order valence-electron chi connectivity index (χ4n) is 2.25. The zero-order valence-corrected chi connectivity index (χ0v) is 13.8. The summed E-state index contributed by atoms with van der Waals surface area (Å²) in [6, 6.07) is 15.1. The summed E-state index contributed by atoms with van der Waals surface area (Å²) in [6.07, 6.45) is 0. The van der Waals surface area contributed by atoms with Gasteiger partial charge in [-0.25, -0.2) is 9.78 Å². The first-order valence-corrected chi connectivity index (χ1v) is 8.16. The number of anilines is 2. The van der Waals surface area contributed by atoms with Gasteiger partial charge in [0.1, 0.15) is 0 Å². The van der Waals surface area contributed by atoms with Gasteiger partial charge in [-0.05, 0) is 37.6 Å². The number of amides is 2. The molecule has 0 bridgehead atoms. The van der Waals surface area contributed by atoms with E-state index in [-0.39, 0.29) is 6.03 Å². The van der Waals surface area contributed by atoms with Crippen molar-refractivity contribution in [2.24, 2.45) is 0 Å². The second-order valence-corrected chi connectivity index (χ2v) is 6.29. The average Bonchev–Trinajstić information content (AvgIpc) is 2.96. The first kappa shape index (κ1) is 15.2. The van der Waals surface area contributed by atoms with E-state index in [9.17, 15) is 4.79 Å². The van der Waals surface area contributed by atoms with Crippen LogP contribution in [0.3, 0.4) is 0 Å². The molecule has 0 aliphatic carbocycles. The molecule has 3 aromatic rings. The molecule has 0 fully saturated rings. The zero-order valence-electron chi connectivity index (χ0n) is 13.0. The minimum absolute atomic E-state index is 0.258. The summed E-state index contributed by atoms with van der Waals surface area (Å²) in [5.74, 6) is 0. The maximum atomic E-state index is 12.2. The number of carbonyl (C=O) groups is 1. The molecule has 0 aliphatic rings. The Morgan fingerprint density at radius 3 is 2.61 bits per heavy atom. The molecule has 0 aliphatic heterocycles. The Morgan fingerprint density at radius 2 is 1.87 bits per heavy atom. The molecule has 1 aromatic heterocycles. The molecule has 3 rings (SSSR count). The number of nitrogens with zero attached hydrogens (tertiary/aromatic N) is 1. The number of aryl methyl sites for hydroxylation is 2. The first-order chi connectivity index (χ1) is 11.1. The van der Waals surface area contributed by atoms with Gasteiger partial charge < -0.3 is 10.6 Å². The molecule has 5 heteroatoms. The molecule has 116 valence electrons. The number of aromatic nitrogens is 1. The lowest BCUT2D eigenvalue weighted by molar-refractivity contribution is 0.262. The number of carbonyl (C=O) groups excluding carboxylic acids is 1. The molecule has 0 radical (unpaired) electrons. The van der Waals surface area contributed by atoms with Gasteiger partial charge in [0.15, 0.2) is 0 Å². The summed E-state index contributed by atoms with van der Waals surface area (Å²) in [7, 11) is 0. The summed E-state index contributed by atoms with van der Waals surface area (Å²) >= 11 is 1.61. The van der Waals surface area contributed by atoms with Gasteiger partial charge in [0.05, 0.1) is 10.7 Å². The van der Waals surface area contributed by atoms with Crippen molar-refractivity contribution in [2.75, 3.05) is 10.6 Å². The summed E-state index contributed by atoms with van der Waals surface area (Å²) < 4.78 is 0. The van der Waals surface area contributed by atoms with E-state index in [1.54, 1.807) is 11.3 Å². The van der Waals surface area contributed by atoms with Gasteiger partial charge in [-0.2, -0.15) is 0 Å². The van der Waals surface area contributed by atoms with Crippen molar-refractivity contribution in [1.29, 1.82) is 0 Å². The molecule has 2 amide bonds. The molecular weight excluding hydrogens is 306 g/mol. The fourth-order valence-corrected chi connectivity index (χ4v) is 2.87. The SMILES string of the molecule is Cc1nc(-c2cccc(NC(=O)Nc3ccccc3C)c2)cs1. The monoisotopic (exact) mass is 323 g/mol. The molecule has 1 heterocycles. The van der Waals surface area contributed by atoms with Gasteiger partial charge in [0, 0.05) is 22.3 Å². The third-order valence-electron chi connectivity index (χ3n) is 3.43. The quantitative estimate of drug-likeness (QED) is 0.707. The lowest BCUT2D eigenvalue weighted by Gasteiger charge is -2.10. The second-order valence-electron chi connectivity index (χ2n) is 5.23. The molecule has 0 saturated heterocycles. The van der Waals surface area contributed by atoms with E-state index in [2.05, 4.69) is 15.6 Å². The van der Waals surface area contributed by atoms with E-state index in [0.29, 0.717) is 0 Å². The van der Waals surface area contributed by atoms with Gasteiger partial charge in [-0.1, -0.05) is 30.3 Å². The van der Waals surface area contributed by atoms with Gasteiger partial charge in [-0.15, -0.1) is 11.3 Å². The summed E-state index contributed by atoms with van der Waals surface area (Å²) in [5, 5.41) is 8.76. The van der Waals surface area contributed by atoms with E-state index in [1.807, 2.05) is 67.8 Å². The maximum absolute atomic E-state index is 12.2. The lowest BCUT2D eigenvalue weighted by Crippen LogP contribution is -2.19. The predicted octanol–water partition coefficient (Wildman–Crippen LogP) is 5.07. The zero-order chi connectivity index (χ0) is 16.2. The van der Waals surface area contributed by atoms with Crippen LogP contribution in [-0.2, 0) is 0 Å². The molecule has 0 unspecified atom stereocenters. The first-order valence-electron chi connectivity index (χ1n) is 7.28. The highest BCUT2D eigenvalue weighted by Gasteiger charge is 2.07. The molecule has 0 atom stereocenters. The number of rotatable bonds is 3. The standard InChI is InChI=1S/C18H17N3OS/c1-12-6-3-4-9-16(12)21-18(22)20-15-8-5-7-14(10-15)17-11-23-13(2)19-17/h3-11H,1-2H3,(H2,20,21,22). The normalized spacial score (nSPS) is 10.3. The fraction of sp³-hybridized carbons (Fsp3) is 0.111. The van der Waals surface area contributed by atoms with Crippen LogP contribution in [0.15, 0.2) is 53.9 Å². The van der Waals surface area contributed by atoms with Crippen molar-refractivity contribution in [3.05, 3.63) is 64.5 Å². The third kappa shape index (κ3) is 3.76. The van der Waals surface area contributed by atoms with Crippen molar-refractivity contribution in [1.82, 2.24) is 4.98 Å². The number of thiazole rings is 1. The Morgan fingerprint density at radius 1 is 1.04 bits per heavy atom. The highest BCUT2D eigenvalue weighted by molar-refractivity contribution is 7.09. The van der Waals surface area contributed by atoms with Gasteiger partial charge >= 0.3 is 6.03 Å². The Labute approximate surface area is 139 Å². The van der Waals surface area contributed by atoms with Gasteiger partial charge in [0.25, 0.3) is 0 Å². The van der Waals surface area contributed by atoms with Crippen LogP contribution in [0.25, 0.3) is 11.3 Å². The summed E-state index contributed by atoms with van der Waals surface area (Å²) in [5.41, 5.74) is 4.48. The largest absolute Gasteiger partial charge is 0.323 e. The smallest absolute Gasteiger partial charge is 0.308 e. The molecule has 0 saturated carbocycles. The van der Waals surface area contributed by atoms with Crippen LogP contribution in [0.5, 0.6) is 0 Å². The number of para-hydroxylation sites is 1. The van der Waals surface area contributed by atoms with E-state index in [0.717, 1.165) is 33.2 Å². The Balaban J connectivity index is 1.73. The number of urea groups is 1. The summed E-state index contributed by atoms with van der Waals surface area (Å²) in [6.45, 7) is 3.94. The molecule has 2 aromatic carbocycles. The molecule has 4 nitrogen and oxygen atoms in total. The predicted molar refractivity (Wildman–Crippen MR) is 96.1 cm³/mol. The van der Waals surface area contributed by atoms with Crippen LogP contribution >= 0.6 is 11.3 Å². The molecular formula is C18H17N3OS. The van der Waals surface area contributed by atoms with Crippen molar-refractivity contribution in [2.45, 2.75) is 13.8 Å². The maximum Gasteiger partial charge on any atom is 0.323 e. The van der Waals surface area contributed by atoms with Crippen LogP contribution in [-0.4, -0.2) is 11.0 Å². The molecule has 0 spiro atoms. The number of benzene rings is 2. The molecule has 23 heavy (non-hydrogen) atoms. The highest BCUT2D eigenvalue weighted by atomic mass is 32.1.